The van der Waals surface area contributed by atoms with Crippen molar-refractivity contribution in [2.45, 2.75) is 6.61 Å². The summed E-state index contributed by atoms with van der Waals surface area (Å²) in [7, 11) is 0. The number of carboxylic acid groups (broad SMARTS) is 1. The normalized spacial score (nSPS) is 10.4. The van der Waals surface area contributed by atoms with Gasteiger partial charge in [0.1, 0.15) is 12.4 Å². The van der Waals surface area contributed by atoms with E-state index in [1.54, 1.807) is 12.1 Å². The smallest absolute Gasteiger partial charge is 0.335 e. The minimum Gasteiger partial charge on any atom is -0.489 e. The molecule has 0 unspecified atom stereocenters. The molecule has 0 heterocycles. The second-order valence-electron chi connectivity index (χ2n) is 5.33. The van der Waals surface area contributed by atoms with Crippen LogP contribution in [-0.4, -0.2) is 11.1 Å². The van der Waals surface area contributed by atoms with Crippen molar-refractivity contribution in [3.63, 3.8) is 0 Å². The average Bonchev–Trinajstić information content (AvgIpc) is 2.61. The lowest BCUT2D eigenvalue weighted by Crippen LogP contribution is -1.97. The topological polar surface area (TPSA) is 46.5 Å². The van der Waals surface area contributed by atoms with Crippen molar-refractivity contribution in [2.24, 2.45) is 0 Å². The van der Waals surface area contributed by atoms with Crippen molar-refractivity contribution in [3.8, 4) is 16.9 Å². The summed E-state index contributed by atoms with van der Waals surface area (Å²) in [6, 6.07) is 22.7. The van der Waals surface area contributed by atoms with Gasteiger partial charge in [-0.2, -0.15) is 0 Å². The van der Waals surface area contributed by atoms with Crippen LogP contribution < -0.4 is 4.74 Å². The van der Waals surface area contributed by atoms with Gasteiger partial charge < -0.3 is 9.84 Å². The molecule has 3 rings (SSSR count). The van der Waals surface area contributed by atoms with Crippen molar-refractivity contribution >= 4 is 21.9 Å². The molecule has 3 aromatic rings. The Kier molecular flexibility index (Phi) is 4.96. The number of hydrogen-bond donors (Lipinski definition) is 1. The molecule has 1 N–H and O–H groups in total. The summed E-state index contributed by atoms with van der Waals surface area (Å²) < 4.78 is 6.50. The monoisotopic (exact) mass is 382 g/mol. The van der Waals surface area contributed by atoms with Crippen molar-refractivity contribution in [1.82, 2.24) is 0 Å². The van der Waals surface area contributed by atoms with Crippen LogP contribution in [-0.2, 0) is 6.61 Å². The third kappa shape index (κ3) is 4.03. The van der Waals surface area contributed by atoms with Crippen LogP contribution in [0.3, 0.4) is 0 Å². The van der Waals surface area contributed by atoms with Gasteiger partial charge in [0.05, 0.1) is 5.56 Å². The molecule has 0 bridgehead atoms. The highest BCUT2D eigenvalue weighted by molar-refractivity contribution is 9.10. The number of ether oxygens (including phenoxy) is 1. The maximum Gasteiger partial charge on any atom is 0.335 e. The Labute approximate surface area is 148 Å². The summed E-state index contributed by atoms with van der Waals surface area (Å²) in [4.78, 5) is 11.2. The van der Waals surface area contributed by atoms with E-state index in [0.717, 1.165) is 26.9 Å². The first-order chi connectivity index (χ1) is 11.6. The Morgan fingerprint density at radius 2 is 1.62 bits per heavy atom. The van der Waals surface area contributed by atoms with E-state index in [1.165, 1.54) is 0 Å². The minimum absolute atomic E-state index is 0.253. The highest BCUT2D eigenvalue weighted by atomic mass is 79.9. The largest absolute Gasteiger partial charge is 0.489 e. The molecule has 0 spiro atoms. The molecule has 0 saturated carbocycles. The van der Waals surface area contributed by atoms with Gasteiger partial charge in [0.2, 0.25) is 0 Å². The summed E-state index contributed by atoms with van der Waals surface area (Å²) in [5, 5.41) is 9.16. The number of hydrogen-bond acceptors (Lipinski definition) is 2. The summed E-state index contributed by atoms with van der Waals surface area (Å²) in [5.41, 5.74) is 3.14. The highest BCUT2D eigenvalue weighted by Crippen LogP contribution is 2.27. The number of aromatic carboxylic acids is 1. The third-order valence-electron chi connectivity index (χ3n) is 3.58. The Morgan fingerprint density at radius 3 is 2.29 bits per heavy atom. The molecule has 0 saturated heterocycles. The predicted molar refractivity (Wildman–Crippen MR) is 97.3 cm³/mol. The lowest BCUT2D eigenvalue weighted by Gasteiger charge is -2.08. The first kappa shape index (κ1) is 16.3. The van der Waals surface area contributed by atoms with Crippen LogP contribution in [0.4, 0.5) is 0 Å². The molecule has 0 fully saturated rings. The first-order valence-electron chi connectivity index (χ1n) is 7.43. The molecule has 0 aromatic heterocycles. The summed E-state index contributed by atoms with van der Waals surface area (Å²) in [6.45, 7) is 0.514. The van der Waals surface area contributed by atoms with E-state index in [-0.39, 0.29) is 5.56 Å². The van der Waals surface area contributed by atoms with E-state index >= 15 is 0 Å². The fourth-order valence-electron chi connectivity index (χ4n) is 2.36. The SMILES string of the molecule is O=C(O)c1cc(Br)cc(-c2ccc(OCc3ccccc3)cc2)c1. The quantitative estimate of drug-likeness (QED) is 0.642. The molecule has 0 amide bonds. The Morgan fingerprint density at radius 1 is 0.917 bits per heavy atom. The van der Waals surface area contributed by atoms with Gasteiger partial charge in [-0.3, -0.25) is 0 Å². The lowest BCUT2D eigenvalue weighted by atomic mass is 10.0. The van der Waals surface area contributed by atoms with Crippen LogP contribution >= 0.6 is 15.9 Å². The van der Waals surface area contributed by atoms with Gasteiger partial charge in [0.15, 0.2) is 0 Å². The van der Waals surface area contributed by atoms with E-state index in [2.05, 4.69) is 15.9 Å². The zero-order valence-corrected chi connectivity index (χ0v) is 14.4. The van der Waals surface area contributed by atoms with Gasteiger partial charge in [-0.15, -0.1) is 0 Å². The summed E-state index contributed by atoms with van der Waals surface area (Å²) in [6.07, 6.45) is 0. The predicted octanol–water partition coefficient (Wildman–Crippen LogP) is 5.39. The number of halogens is 1. The molecule has 0 radical (unpaired) electrons. The molecule has 0 aliphatic heterocycles. The van der Waals surface area contributed by atoms with Gasteiger partial charge >= 0.3 is 5.97 Å². The van der Waals surface area contributed by atoms with Gasteiger partial charge in [-0.05, 0) is 47.0 Å². The van der Waals surface area contributed by atoms with Crippen LogP contribution in [0.1, 0.15) is 15.9 Å². The lowest BCUT2D eigenvalue weighted by molar-refractivity contribution is 0.0697. The van der Waals surface area contributed by atoms with Crippen molar-refractivity contribution in [3.05, 3.63) is 88.4 Å². The number of benzene rings is 3. The number of carbonyl (C=O) groups is 1. The van der Waals surface area contributed by atoms with Gasteiger partial charge in [-0.1, -0.05) is 58.4 Å². The standard InChI is InChI=1S/C20H15BrO3/c21-18-11-16(10-17(12-18)20(22)23)15-6-8-19(9-7-15)24-13-14-4-2-1-3-5-14/h1-12H,13H2,(H,22,23). The summed E-state index contributed by atoms with van der Waals surface area (Å²) >= 11 is 3.36. The molecular formula is C20H15BrO3. The van der Waals surface area contributed by atoms with E-state index in [0.29, 0.717) is 6.61 Å². The van der Waals surface area contributed by atoms with Gasteiger partial charge in [-0.25, -0.2) is 4.79 Å². The zero-order valence-electron chi connectivity index (χ0n) is 12.8. The number of carboxylic acids is 1. The second-order valence-corrected chi connectivity index (χ2v) is 6.25. The first-order valence-corrected chi connectivity index (χ1v) is 8.22. The Balaban J connectivity index is 1.76. The van der Waals surface area contributed by atoms with Crippen LogP contribution in [0.25, 0.3) is 11.1 Å². The molecule has 4 heteroatoms. The Hall–Kier alpha value is -2.59. The van der Waals surface area contributed by atoms with Crippen LogP contribution in [0.15, 0.2) is 77.3 Å². The summed E-state index contributed by atoms with van der Waals surface area (Å²) in [5.74, 6) is -0.170. The van der Waals surface area contributed by atoms with Crippen LogP contribution in [0.5, 0.6) is 5.75 Å². The van der Waals surface area contributed by atoms with E-state index in [1.807, 2.05) is 60.7 Å². The van der Waals surface area contributed by atoms with Crippen LogP contribution in [0, 0.1) is 0 Å². The maximum atomic E-state index is 11.2. The van der Waals surface area contributed by atoms with Crippen molar-refractivity contribution < 1.29 is 14.6 Å². The van der Waals surface area contributed by atoms with E-state index in [4.69, 9.17) is 9.84 Å². The molecule has 0 aliphatic carbocycles. The van der Waals surface area contributed by atoms with Gasteiger partial charge in [0.25, 0.3) is 0 Å². The number of rotatable bonds is 5. The fourth-order valence-corrected chi connectivity index (χ4v) is 2.86. The zero-order chi connectivity index (χ0) is 16.9. The van der Waals surface area contributed by atoms with E-state index < -0.39 is 5.97 Å². The average molecular weight is 383 g/mol. The van der Waals surface area contributed by atoms with Gasteiger partial charge in [0, 0.05) is 4.47 Å². The molecular weight excluding hydrogens is 368 g/mol. The molecule has 120 valence electrons. The molecule has 24 heavy (non-hydrogen) atoms. The molecule has 0 aliphatic rings. The van der Waals surface area contributed by atoms with Crippen LogP contribution in [0.2, 0.25) is 0 Å². The van der Waals surface area contributed by atoms with Crippen molar-refractivity contribution in [1.29, 1.82) is 0 Å². The maximum absolute atomic E-state index is 11.2. The van der Waals surface area contributed by atoms with Crippen molar-refractivity contribution in [2.75, 3.05) is 0 Å². The fraction of sp³-hybridized carbons (Fsp3) is 0.0500. The molecule has 3 aromatic carbocycles. The molecule has 3 nitrogen and oxygen atoms in total. The Bertz CT molecular complexity index is 843. The highest BCUT2D eigenvalue weighted by Gasteiger charge is 2.08. The molecule has 0 atom stereocenters. The minimum atomic E-state index is -0.944. The second kappa shape index (κ2) is 7.32. The third-order valence-corrected chi connectivity index (χ3v) is 4.04. The van der Waals surface area contributed by atoms with E-state index in [9.17, 15) is 4.79 Å².